The summed E-state index contributed by atoms with van der Waals surface area (Å²) in [7, 11) is 0. The summed E-state index contributed by atoms with van der Waals surface area (Å²) in [6.45, 7) is 8.72. The second kappa shape index (κ2) is 6.58. The Morgan fingerprint density at radius 3 is 2.81 bits per heavy atom. The molecule has 3 heteroatoms. The monoisotopic (exact) mass is 229 g/mol. The summed E-state index contributed by atoms with van der Waals surface area (Å²) in [6, 6.07) is 0. The molecule has 0 amide bonds. The first-order chi connectivity index (χ1) is 7.53. The fraction of sp³-hybridized carbons (Fsp3) is 1.00. The Morgan fingerprint density at radius 1 is 1.50 bits per heavy atom. The molecule has 1 fully saturated rings. The molecule has 2 atom stereocenters. The maximum Gasteiger partial charge on any atom is 0.0707 e. The van der Waals surface area contributed by atoms with Gasteiger partial charge in [-0.3, -0.25) is 0 Å². The Kier molecular flexibility index (Phi) is 5.73. The zero-order chi connectivity index (χ0) is 12.0. The average molecular weight is 229 g/mol. The normalized spacial score (nSPS) is 25.9. The Bertz CT molecular complexity index is 194. The van der Waals surface area contributed by atoms with Crippen LogP contribution in [0.1, 0.15) is 46.5 Å². The molecule has 0 radical (unpaired) electrons. The van der Waals surface area contributed by atoms with Gasteiger partial charge in [0.25, 0.3) is 0 Å². The largest absolute Gasteiger partial charge is 0.396 e. The summed E-state index contributed by atoms with van der Waals surface area (Å²) in [5.41, 5.74) is 0.0811. The average Bonchev–Trinajstić information content (AvgIpc) is 2.57. The fourth-order valence-electron chi connectivity index (χ4n) is 2.15. The highest BCUT2D eigenvalue weighted by Gasteiger charge is 2.30. The van der Waals surface area contributed by atoms with Crippen LogP contribution in [0, 0.1) is 5.92 Å². The second-order valence-corrected chi connectivity index (χ2v) is 5.67. The third-order valence-corrected chi connectivity index (χ3v) is 3.29. The van der Waals surface area contributed by atoms with Crippen LogP contribution in [0.4, 0.5) is 0 Å². The molecule has 0 aromatic heterocycles. The molecule has 96 valence electrons. The van der Waals surface area contributed by atoms with Crippen LogP contribution in [-0.4, -0.2) is 36.5 Å². The summed E-state index contributed by atoms with van der Waals surface area (Å²) in [5, 5.41) is 12.3. The van der Waals surface area contributed by atoms with Gasteiger partial charge in [-0.05, 0) is 52.0 Å². The van der Waals surface area contributed by atoms with Gasteiger partial charge in [0.1, 0.15) is 0 Å². The van der Waals surface area contributed by atoms with Crippen LogP contribution in [0.25, 0.3) is 0 Å². The first-order valence-corrected chi connectivity index (χ1v) is 6.53. The topological polar surface area (TPSA) is 41.5 Å². The summed E-state index contributed by atoms with van der Waals surface area (Å²) >= 11 is 0. The number of nitrogens with one attached hydrogen (secondary N) is 1. The summed E-state index contributed by atoms with van der Waals surface area (Å²) in [4.78, 5) is 0. The molecule has 1 heterocycles. The number of ether oxygens (including phenoxy) is 1. The summed E-state index contributed by atoms with van der Waals surface area (Å²) in [5.74, 6) is 0.434. The minimum atomic E-state index is 0.0811. The summed E-state index contributed by atoms with van der Waals surface area (Å²) < 4.78 is 5.90. The number of aliphatic hydroxyl groups is 1. The lowest BCUT2D eigenvalue weighted by molar-refractivity contribution is -0.0141. The van der Waals surface area contributed by atoms with E-state index in [4.69, 9.17) is 9.84 Å². The smallest absolute Gasteiger partial charge is 0.0707 e. The molecule has 0 spiro atoms. The van der Waals surface area contributed by atoms with Gasteiger partial charge in [0, 0.05) is 13.2 Å². The molecule has 0 bridgehead atoms. The number of aliphatic hydroxyl groups excluding tert-OH is 1. The van der Waals surface area contributed by atoms with Crippen LogP contribution >= 0.6 is 0 Å². The number of hydrogen-bond acceptors (Lipinski definition) is 3. The molecular formula is C13H27NO2. The van der Waals surface area contributed by atoms with Gasteiger partial charge >= 0.3 is 0 Å². The van der Waals surface area contributed by atoms with Crippen molar-refractivity contribution in [1.82, 2.24) is 5.32 Å². The van der Waals surface area contributed by atoms with Crippen molar-refractivity contribution in [1.29, 1.82) is 0 Å². The van der Waals surface area contributed by atoms with Crippen molar-refractivity contribution in [3.05, 3.63) is 0 Å². The van der Waals surface area contributed by atoms with E-state index in [2.05, 4.69) is 26.1 Å². The lowest BCUT2D eigenvalue weighted by atomic mass is 10.1. The molecule has 2 N–H and O–H groups in total. The molecule has 0 aromatic carbocycles. The van der Waals surface area contributed by atoms with Gasteiger partial charge in [0.05, 0.1) is 11.7 Å². The summed E-state index contributed by atoms with van der Waals surface area (Å²) in [6.07, 6.45) is 4.97. The molecule has 0 aromatic rings. The first kappa shape index (κ1) is 13.9. The Labute approximate surface area is 99.6 Å². The molecule has 2 unspecified atom stereocenters. The van der Waals surface area contributed by atoms with E-state index < -0.39 is 0 Å². The SMILES string of the molecule is CC(CO)CCCNCC1CCC(C)(C)O1. The van der Waals surface area contributed by atoms with Crippen molar-refractivity contribution < 1.29 is 9.84 Å². The zero-order valence-electron chi connectivity index (χ0n) is 11.0. The van der Waals surface area contributed by atoms with Crippen molar-refractivity contribution in [3.8, 4) is 0 Å². The van der Waals surface area contributed by atoms with Gasteiger partial charge in [0.15, 0.2) is 0 Å². The Balaban J connectivity index is 1.96. The molecule has 0 saturated carbocycles. The Hall–Kier alpha value is -0.120. The number of rotatable bonds is 7. The van der Waals surface area contributed by atoms with E-state index in [9.17, 15) is 0 Å². The molecule has 1 aliphatic rings. The van der Waals surface area contributed by atoms with Crippen molar-refractivity contribution in [2.45, 2.75) is 58.2 Å². The van der Waals surface area contributed by atoms with E-state index in [-0.39, 0.29) is 5.60 Å². The predicted octanol–water partition coefficient (Wildman–Crippen LogP) is 1.94. The maximum atomic E-state index is 8.88. The van der Waals surface area contributed by atoms with E-state index in [1.165, 1.54) is 12.8 Å². The molecule has 1 saturated heterocycles. The highest BCUT2D eigenvalue weighted by molar-refractivity contribution is 4.81. The highest BCUT2D eigenvalue weighted by atomic mass is 16.5. The van der Waals surface area contributed by atoms with Crippen molar-refractivity contribution in [2.24, 2.45) is 5.92 Å². The van der Waals surface area contributed by atoms with Gasteiger partial charge in [-0.2, -0.15) is 0 Å². The van der Waals surface area contributed by atoms with Crippen LogP contribution in [0.3, 0.4) is 0 Å². The lowest BCUT2D eigenvalue weighted by Crippen LogP contribution is -2.30. The zero-order valence-corrected chi connectivity index (χ0v) is 11.0. The maximum absolute atomic E-state index is 8.88. The standard InChI is InChI=1S/C13H27NO2/c1-11(10-15)5-4-8-14-9-12-6-7-13(2,3)16-12/h11-12,14-15H,4-10H2,1-3H3. The third kappa shape index (κ3) is 5.28. The second-order valence-electron chi connectivity index (χ2n) is 5.67. The molecular weight excluding hydrogens is 202 g/mol. The molecule has 1 aliphatic heterocycles. The molecule has 1 rings (SSSR count). The minimum absolute atomic E-state index is 0.0811. The van der Waals surface area contributed by atoms with Gasteiger partial charge < -0.3 is 15.2 Å². The van der Waals surface area contributed by atoms with E-state index in [0.29, 0.717) is 18.6 Å². The van der Waals surface area contributed by atoms with E-state index in [0.717, 1.165) is 25.9 Å². The van der Waals surface area contributed by atoms with Crippen molar-refractivity contribution in [2.75, 3.05) is 19.7 Å². The van der Waals surface area contributed by atoms with Crippen LogP contribution in [0.15, 0.2) is 0 Å². The molecule has 0 aliphatic carbocycles. The van der Waals surface area contributed by atoms with E-state index >= 15 is 0 Å². The minimum Gasteiger partial charge on any atom is -0.396 e. The van der Waals surface area contributed by atoms with Crippen LogP contribution < -0.4 is 5.32 Å². The van der Waals surface area contributed by atoms with Crippen molar-refractivity contribution in [3.63, 3.8) is 0 Å². The fourth-order valence-corrected chi connectivity index (χ4v) is 2.15. The highest BCUT2D eigenvalue weighted by Crippen LogP contribution is 2.28. The van der Waals surface area contributed by atoms with Crippen molar-refractivity contribution >= 4 is 0 Å². The van der Waals surface area contributed by atoms with Crippen LogP contribution in [0.5, 0.6) is 0 Å². The van der Waals surface area contributed by atoms with Gasteiger partial charge in [0.2, 0.25) is 0 Å². The van der Waals surface area contributed by atoms with Gasteiger partial charge in [-0.1, -0.05) is 6.92 Å². The molecule has 16 heavy (non-hydrogen) atoms. The first-order valence-electron chi connectivity index (χ1n) is 6.53. The Morgan fingerprint density at radius 2 is 2.25 bits per heavy atom. The third-order valence-electron chi connectivity index (χ3n) is 3.29. The number of hydrogen-bond donors (Lipinski definition) is 2. The lowest BCUT2D eigenvalue weighted by Gasteiger charge is -2.19. The van der Waals surface area contributed by atoms with E-state index in [1.807, 2.05) is 0 Å². The van der Waals surface area contributed by atoms with Crippen LogP contribution in [0.2, 0.25) is 0 Å². The van der Waals surface area contributed by atoms with E-state index in [1.54, 1.807) is 0 Å². The van der Waals surface area contributed by atoms with Gasteiger partial charge in [-0.25, -0.2) is 0 Å². The predicted molar refractivity (Wildman–Crippen MR) is 66.5 cm³/mol. The quantitative estimate of drug-likeness (QED) is 0.656. The molecule has 3 nitrogen and oxygen atoms in total. The van der Waals surface area contributed by atoms with Gasteiger partial charge in [-0.15, -0.1) is 0 Å². The van der Waals surface area contributed by atoms with Crippen LogP contribution in [-0.2, 0) is 4.74 Å².